The van der Waals surface area contributed by atoms with Gasteiger partial charge in [0.1, 0.15) is 0 Å². The summed E-state index contributed by atoms with van der Waals surface area (Å²) in [6.07, 6.45) is 2.70. The molecule has 1 aliphatic rings. The first-order chi connectivity index (χ1) is 7.63. The Morgan fingerprint density at radius 1 is 1.44 bits per heavy atom. The fourth-order valence-corrected chi connectivity index (χ4v) is 2.27. The summed E-state index contributed by atoms with van der Waals surface area (Å²) >= 11 is 0. The Morgan fingerprint density at radius 2 is 2.19 bits per heavy atom. The fraction of sp³-hybridized carbons (Fsp3) is 1.00. The summed E-state index contributed by atoms with van der Waals surface area (Å²) in [5.74, 6) is 0. The lowest BCUT2D eigenvalue weighted by Gasteiger charge is -2.34. The second kappa shape index (κ2) is 7.25. The van der Waals surface area contributed by atoms with Crippen LogP contribution in [-0.2, 0) is 0 Å². The maximum atomic E-state index is 3.57. The molecule has 0 spiro atoms. The van der Waals surface area contributed by atoms with Crippen LogP contribution in [-0.4, -0.2) is 61.7 Å². The van der Waals surface area contributed by atoms with Gasteiger partial charge in [-0.25, -0.2) is 0 Å². The van der Waals surface area contributed by atoms with E-state index in [4.69, 9.17) is 0 Å². The molecule has 1 unspecified atom stereocenters. The minimum Gasteiger partial charge on any atom is -0.313 e. The first-order valence-electron chi connectivity index (χ1n) is 6.79. The van der Waals surface area contributed by atoms with E-state index in [2.05, 4.69) is 42.9 Å². The van der Waals surface area contributed by atoms with Crippen molar-refractivity contribution in [2.75, 3.05) is 39.8 Å². The van der Waals surface area contributed by atoms with Crippen LogP contribution in [0.4, 0.5) is 0 Å². The number of likely N-dealkylation sites (N-methyl/N-ethyl adjacent to an activating group) is 2. The second-order valence-electron chi connectivity index (χ2n) is 5.27. The van der Waals surface area contributed by atoms with Crippen LogP contribution in [0.25, 0.3) is 0 Å². The molecule has 0 aromatic carbocycles. The van der Waals surface area contributed by atoms with Gasteiger partial charge in [0.2, 0.25) is 0 Å². The average Bonchev–Trinajstić information content (AvgIpc) is 2.26. The zero-order chi connectivity index (χ0) is 12.0. The van der Waals surface area contributed by atoms with E-state index in [1.54, 1.807) is 0 Å². The smallest absolute Gasteiger partial charge is 0.0195 e. The van der Waals surface area contributed by atoms with Crippen LogP contribution in [0, 0.1) is 0 Å². The zero-order valence-corrected chi connectivity index (χ0v) is 11.5. The van der Waals surface area contributed by atoms with Crippen LogP contribution in [0.5, 0.6) is 0 Å². The van der Waals surface area contributed by atoms with Gasteiger partial charge in [-0.15, -0.1) is 0 Å². The molecule has 0 radical (unpaired) electrons. The number of nitrogens with one attached hydrogen (secondary N) is 1. The average molecular weight is 227 g/mol. The minimum atomic E-state index is 0.661. The van der Waals surface area contributed by atoms with E-state index in [1.165, 1.54) is 39.0 Å². The first kappa shape index (κ1) is 13.9. The van der Waals surface area contributed by atoms with Gasteiger partial charge in [-0.1, -0.05) is 6.92 Å². The Labute approximate surface area is 101 Å². The molecule has 1 fully saturated rings. The predicted molar refractivity (Wildman–Crippen MR) is 70.9 cm³/mol. The summed E-state index contributed by atoms with van der Waals surface area (Å²) in [5.41, 5.74) is 0. The molecule has 1 saturated heterocycles. The van der Waals surface area contributed by atoms with Gasteiger partial charge >= 0.3 is 0 Å². The SMILES string of the molecule is CCNC1CCCN(CCN(C)C(C)C)C1. The second-order valence-corrected chi connectivity index (χ2v) is 5.27. The third-order valence-corrected chi connectivity index (χ3v) is 3.65. The van der Waals surface area contributed by atoms with Crippen LogP contribution in [0.1, 0.15) is 33.6 Å². The molecule has 0 bridgehead atoms. The summed E-state index contributed by atoms with van der Waals surface area (Å²) in [4.78, 5) is 5.03. The highest BCUT2D eigenvalue weighted by molar-refractivity contribution is 4.78. The van der Waals surface area contributed by atoms with E-state index in [-0.39, 0.29) is 0 Å². The maximum absolute atomic E-state index is 3.57. The molecule has 3 nitrogen and oxygen atoms in total. The van der Waals surface area contributed by atoms with Gasteiger partial charge in [-0.3, -0.25) is 0 Å². The lowest BCUT2D eigenvalue weighted by molar-refractivity contribution is 0.160. The molecule has 1 aliphatic heterocycles. The number of nitrogens with zero attached hydrogens (tertiary/aromatic N) is 2. The van der Waals surface area contributed by atoms with Gasteiger partial charge in [0, 0.05) is 31.7 Å². The van der Waals surface area contributed by atoms with Crippen molar-refractivity contribution in [2.45, 2.75) is 45.7 Å². The van der Waals surface area contributed by atoms with Crippen LogP contribution in [0.3, 0.4) is 0 Å². The van der Waals surface area contributed by atoms with Crippen molar-refractivity contribution < 1.29 is 0 Å². The van der Waals surface area contributed by atoms with Gasteiger partial charge in [0.05, 0.1) is 0 Å². The maximum Gasteiger partial charge on any atom is 0.0195 e. The molecule has 0 aromatic rings. The third kappa shape index (κ3) is 4.81. The van der Waals surface area contributed by atoms with Crippen molar-refractivity contribution >= 4 is 0 Å². The van der Waals surface area contributed by atoms with Crippen molar-refractivity contribution in [3.05, 3.63) is 0 Å². The van der Waals surface area contributed by atoms with Gasteiger partial charge in [0.15, 0.2) is 0 Å². The molecule has 96 valence electrons. The van der Waals surface area contributed by atoms with Crippen LogP contribution in [0.2, 0.25) is 0 Å². The van der Waals surface area contributed by atoms with Crippen molar-refractivity contribution in [1.29, 1.82) is 0 Å². The van der Waals surface area contributed by atoms with Crippen LogP contribution < -0.4 is 5.32 Å². The molecule has 3 heteroatoms. The molecule has 0 saturated carbocycles. The number of likely N-dealkylation sites (tertiary alicyclic amines) is 1. The minimum absolute atomic E-state index is 0.661. The predicted octanol–water partition coefficient (Wildman–Crippen LogP) is 1.40. The summed E-state index contributed by atoms with van der Waals surface area (Å²) in [6, 6.07) is 1.39. The van der Waals surface area contributed by atoms with Crippen molar-refractivity contribution in [2.24, 2.45) is 0 Å². The highest BCUT2D eigenvalue weighted by Crippen LogP contribution is 2.09. The number of piperidine rings is 1. The Hall–Kier alpha value is -0.120. The van der Waals surface area contributed by atoms with Crippen LogP contribution >= 0.6 is 0 Å². The molecule has 1 heterocycles. The van der Waals surface area contributed by atoms with E-state index >= 15 is 0 Å². The van der Waals surface area contributed by atoms with Gasteiger partial charge in [0.25, 0.3) is 0 Å². The van der Waals surface area contributed by atoms with E-state index in [0.29, 0.717) is 6.04 Å². The quantitative estimate of drug-likeness (QED) is 0.740. The molecular weight excluding hydrogens is 198 g/mol. The highest BCUT2D eigenvalue weighted by atomic mass is 15.2. The zero-order valence-electron chi connectivity index (χ0n) is 11.5. The fourth-order valence-electron chi connectivity index (χ4n) is 2.27. The summed E-state index contributed by atoms with van der Waals surface area (Å²) in [6.45, 7) is 12.8. The van der Waals surface area contributed by atoms with E-state index < -0.39 is 0 Å². The summed E-state index contributed by atoms with van der Waals surface area (Å²) in [7, 11) is 2.22. The Kier molecular flexibility index (Phi) is 6.32. The molecule has 0 aromatic heterocycles. The van der Waals surface area contributed by atoms with Crippen molar-refractivity contribution in [3.8, 4) is 0 Å². The van der Waals surface area contributed by atoms with Crippen molar-refractivity contribution in [3.63, 3.8) is 0 Å². The Morgan fingerprint density at radius 3 is 2.81 bits per heavy atom. The molecule has 0 aliphatic carbocycles. The molecule has 1 rings (SSSR count). The first-order valence-corrected chi connectivity index (χ1v) is 6.79. The normalized spacial score (nSPS) is 23.2. The Bertz CT molecular complexity index is 180. The summed E-state index contributed by atoms with van der Waals surface area (Å²) in [5, 5.41) is 3.57. The lowest BCUT2D eigenvalue weighted by atomic mass is 10.1. The van der Waals surface area contributed by atoms with Gasteiger partial charge < -0.3 is 15.1 Å². The molecule has 1 atom stereocenters. The van der Waals surface area contributed by atoms with Crippen molar-refractivity contribution in [1.82, 2.24) is 15.1 Å². The van der Waals surface area contributed by atoms with E-state index in [1.807, 2.05) is 0 Å². The van der Waals surface area contributed by atoms with Crippen LogP contribution in [0.15, 0.2) is 0 Å². The van der Waals surface area contributed by atoms with Gasteiger partial charge in [-0.2, -0.15) is 0 Å². The number of hydrogen-bond donors (Lipinski definition) is 1. The number of rotatable bonds is 6. The third-order valence-electron chi connectivity index (χ3n) is 3.65. The standard InChI is InChI=1S/C13H29N3/c1-5-14-13-7-6-8-16(11-13)10-9-15(4)12(2)3/h12-14H,5-11H2,1-4H3. The molecule has 1 N–H and O–H groups in total. The Balaban J connectivity index is 2.21. The van der Waals surface area contributed by atoms with E-state index in [9.17, 15) is 0 Å². The van der Waals surface area contributed by atoms with E-state index in [0.717, 1.165) is 12.6 Å². The monoisotopic (exact) mass is 227 g/mol. The van der Waals surface area contributed by atoms with Gasteiger partial charge in [-0.05, 0) is 46.8 Å². The topological polar surface area (TPSA) is 18.5 Å². The molecule has 16 heavy (non-hydrogen) atoms. The lowest BCUT2D eigenvalue weighted by Crippen LogP contribution is -2.47. The molecular formula is C13H29N3. The summed E-state index contributed by atoms with van der Waals surface area (Å²) < 4.78 is 0. The highest BCUT2D eigenvalue weighted by Gasteiger charge is 2.18. The molecule has 0 amide bonds. The largest absolute Gasteiger partial charge is 0.313 e. The number of hydrogen-bond acceptors (Lipinski definition) is 3.